The molecular weight excluding hydrogens is 320 g/mol. The topological polar surface area (TPSA) is 129 Å². The third-order valence-electron chi connectivity index (χ3n) is 3.95. The number of benzene rings is 1. The summed E-state index contributed by atoms with van der Waals surface area (Å²) in [4.78, 5) is 24.3. The highest BCUT2D eigenvalue weighted by molar-refractivity contribution is 5.92. The molecule has 9 nitrogen and oxygen atoms in total. The van der Waals surface area contributed by atoms with Crippen molar-refractivity contribution >= 4 is 12.0 Å². The van der Waals surface area contributed by atoms with Gasteiger partial charge in [-0.25, -0.2) is 4.79 Å². The molecule has 3 atom stereocenters. The number of nitrogens with zero attached hydrogens (tertiary/aromatic N) is 1. The van der Waals surface area contributed by atoms with Gasteiger partial charge >= 0.3 is 6.09 Å². The molecule has 0 spiro atoms. The minimum absolute atomic E-state index is 0.103. The van der Waals surface area contributed by atoms with Crippen molar-refractivity contribution in [3.63, 3.8) is 0 Å². The van der Waals surface area contributed by atoms with Crippen LogP contribution in [0.25, 0.3) is 0 Å². The minimum Gasteiger partial charge on any atom is -0.497 e. The molecule has 0 unspecified atom stereocenters. The van der Waals surface area contributed by atoms with Crippen molar-refractivity contribution in [2.45, 2.75) is 24.7 Å². The van der Waals surface area contributed by atoms with Crippen molar-refractivity contribution < 1.29 is 34.4 Å². The fraction of sp³-hybridized carbons (Fsp3) is 0.467. The largest absolute Gasteiger partial charge is 0.497 e. The molecule has 1 aliphatic rings. The number of hydrogen-bond acceptors (Lipinski definition) is 6. The Morgan fingerprint density at radius 3 is 2.62 bits per heavy atom. The summed E-state index contributed by atoms with van der Waals surface area (Å²) < 4.78 is 10.4. The number of likely N-dealkylation sites (tertiary alicyclic amines) is 1. The van der Waals surface area contributed by atoms with Gasteiger partial charge in [-0.15, -0.1) is 0 Å². The van der Waals surface area contributed by atoms with Gasteiger partial charge in [0.15, 0.2) is 0 Å². The van der Waals surface area contributed by atoms with E-state index in [-0.39, 0.29) is 6.54 Å². The van der Waals surface area contributed by atoms with Gasteiger partial charge in [0.25, 0.3) is 0 Å². The summed E-state index contributed by atoms with van der Waals surface area (Å²) in [7, 11) is 2.99. The van der Waals surface area contributed by atoms with E-state index in [0.29, 0.717) is 17.1 Å². The van der Waals surface area contributed by atoms with Crippen molar-refractivity contribution in [2.24, 2.45) is 0 Å². The van der Waals surface area contributed by atoms with Crippen molar-refractivity contribution in [1.29, 1.82) is 0 Å². The third kappa shape index (κ3) is 3.36. The number of ether oxygens (including phenoxy) is 2. The van der Waals surface area contributed by atoms with Crippen LogP contribution in [0.15, 0.2) is 18.2 Å². The zero-order valence-electron chi connectivity index (χ0n) is 13.3. The second-order valence-corrected chi connectivity index (χ2v) is 5.31. The Morgan fingerprint density at radius 2 is 2.08 bits per heavy atom. The molecular formula is C15H20N2O7. The first-order valence-electron chi connectivity index (χ1n) is 7.22. The molecule has 0 radical (unpaired) electrons. The molecule has 1 aromatic carbocycles. The van der Waals surface area contributed by atoms with Gasteiger partial charge in [0, 0.05) is 18.2 Å². The number of aliphatic hydroxyl groups is 2. The lowest BCUT2D eigenvalue weighted by Crippen LogP contribution is -2.74. The fourth-order valence-corrected chi connectivity index (χ4v) is 2.74. The van der Waals surface area contributed by atoms with Crippen LogP contribution in [0.5, 0.6) is 11.5 Å². The maximum Gasteiger partial charge on any atom is 0.405 e. The molecule has 24 heavy (non-hydrogen) atoms. The van der Waals surface area contributed by atoms with E-state index in [4.69, 9.17) is 19.7 Å². The van der Waals surface area contributed by atoms with Gasteiger partial charge in [0.05, 0.1) is 33.0 Å². The van der Waals surface area contributed by atoms with Crippen LogP contribution in [0.4, 0.5) is 4.79 Å². The van der Waals surface area contributed by atoms with Crippen LogP contribution in [-0.2, 0) is 11.3 Å². The van der Waals surface area contributed by atoms with Gasteiger partial charge < -0.3 is 35.0 Å². The van der Waals surface area contributed by atoms with Gasteiger partial charge in [0.2, 0.25) is 5.91 Å². The molecule has 1 aliphatic heterocycles. The third-order valence-corrected chi connectivity index (χ3v) is 3.95. The maximum atomic E-state index is 12.2. The average Bonchev–Trinajstić information content (AvgIpc) is 2.59. The molecule has 132 valence electrons. The van der Waals surface area contributed by atoms with Crippen LogP contribution < -0.4 is 14.8 Å². The SMILES string of the molecule is COc1ccc(CN2C(=O)[C@H](NC(=O)O)[C@@H]2[C@H](O)CO)c(OC)c1. The van der Waals surface area contributed by atoms with Gasteiger partial charge in [0.1, 0.15) is 17.5 Å². The van der Waals surface area contributed by atoms with Gasteiger partial charge in [-0.3, -0.25) is 4.79 Å². The van der Waals surface area contributed by atoms with E-state index in [1.54, 1.807) is 18.2 Å². The minimum atomic E-state index is -1.37. The standard InChI is InChI=1S/C15H20N2O7/c1-23-9-4-3-8(11(5-9)24-2)6-17-13(10(19)7-18)12(14(17)20)16-15(21)22/h3-5,10,12-13,16,18-19H,6-7H2,1-2H3,(H,21,22)/t10-,12-,13+/m1/s1. The predicted octanol–water partition coefficient (Wildman–Crippen LogP) is -0.596. The number of carbonyl (C=O) groups is 2. The molecule has 1 heterocycles. The summed E-state index contributed by atoms with van der Waals surface area (Å²) >= 11 is 0. The first-order chi connectivity index (χ1) is 11.4. The van der Waals surface area contributed by atoms with Crippen molar-refractivity contribution in [2.75, 3.05) is 20.8 Å². The summed E-state index contributed by atoms with van der Waals surface area (Å²) in [6, 6.07) is 3.13. The van der Waals surface area contributed by atoms with E-state index in [1.807, 2.05) is 0 Å². The summed E-state index contributed by atoms with van der Waals surface area (Å²) in [6.45, 7) is -0.489. The molecule has 0 saturated carbocycles. The van der Waals surface area contributed by atoms with Crippen molar-refractivity contribution in [1.82, 2.24) is 10.2 Å². The Hall–Kier alpha value is -2.52. The van der Waals surface area contributed by atoms with E-state index in [9.17, 15) is 14.7 Å². The number of nitrogens with one attached hydrogen (secondary N) is 1. The number of hydrogen-bond donors (Lipinski definition) is 4. The summed E-state index contributed by atoms with van der Waals surface area (Å²) in [6.07, 6.45) is -2.63. The Bertz CT molecular complexity index is 622. The lowest BCUT2D eigenvalue weighted by atomic mass is 9.89. The molecule has 0 aliphatic carbocycles. The smallest absolute Gasteiger partial charge is 0.405 e. The van der Waals surface area contributed by atoms with Crippen LogP contribution in [-0.4, -0.2) is 71.2 Å². The number of amides is 2. The molecule has 0 bridgehead atoms. The van der Waals surface area contributed by atoms with Crippen LogP contribution in [0.2, 0.25) is 0 Å². The Labute approximate surface area is 138 Å². The summed E-state index contributed by atoms with van der Waals surface area (Å²) in [5, 5.41) is 29.9. The van der Waals surface area contributed by atoms with E-state index in [2.05, 4.69) is 5.32 Å². The fourth-order valence-electron chi connectivity index (χ4n) is 2.74. The zero-order chi connectivity index (χ0) is 17.9. The number of aliphatic hydroxyl groups excluding tert-OH is 2. The van der Waals surface area contributed by atoms with E-state index in [0.717, 1.165) is 0 Å². The first kappa shape index (κ1) is 17.8. The van der Waals surface area contributed by atoms with Gasteiger partial charge in [-0.2, -0.15) is 0 Å². The molecule has 1 saturated heterocycles. The van der Waals surface area contributed by atoms with Crippen molar-refractivity contribution in [3.8, 4) is 11.5 Å². The monoisotopic (exact) mass is 340 g/mol. The lowest BCUT2D eigenvalue weighted by Gasteiger charge is -2.48. The average molecular weight is 340 g/mol. The molecule has 0 aromatic heterocycles. The van der Waals surface area contributed by atoms with Crippen LogP contribution >= 0.6 is 0 Å². The second-order valence-electron chi connectivity index (χ2n) is 5.31. The number of methoxy groups -OCH3 is 2. The number of carbonyl (C=O) groups excluding carboxylic acids is 1. The van der Waals surface area contributed by atoms with Crippen LogP contribution in [0.1, 0.15) is 5.56 Å². The number of rotatable bonds is 7. The van der Waals surface area contributed by atoms with Crippen LogP contribution in [0.3, 0.4) is 0 Å². The van der Waals surface area contributed by atoms with Gasteiger partial charge in [-0.05, 0) is 12.1 Å². The Morgan fingerprint density at radius 1 is 1.38 bits per heavy atom. The first-order valence-corrected chi connectivity index (χ1v) is 7.22. The Balaban J connectivity index is 2.21. The van der Waals surface area contributed by atoms with Crippen molar-refractivity contribution in [3.05, 3.63) is 23.8 Å². The Kier molecular flexibility index (Phi) is 5.47. The second kappa shape index (κ2) is 7.37. The normalized spacial score (nSPS) is 21.0. The highest BCUT2D eigenvalue weighted by Crippen LogP contribution is 2.31. The molecule has 2 amide bonds. The molecule has 4 N–H and O–H groups in total. The predicted molar refractivity (Wildman–Crippen MR) is 81.9 cm³/mol. The van der Waals surface area contributed by atoms with E-state index >= 15 is 0 Å². The quantitative estimate of drug-likeness (QED) is 0.488. The highest BCUT2D eigenvalue weighted by atomic mass is 16.5. The number of β-lactam (4-membered cyclic amide) rings is 1. The molecule has 1 aromatic rings. The number of carboxylic acid groups (broad SMARTS) is 1. The summed E-state index contributed by atoms with van der Waals surface area (Å²) in [5.41, 5.74) is 0.663. The molecule has 2 rings (SSSR count). The van der Waals surface area contributed by atoms with Crippen LogP contribution in [0, 0.1) is 0 Å². The lowest BCUT2D eigenvalue weighted by molar-refractivity contribution is -0.161. The van der Waals surface area contributed by atoms with E-state index in [1.165, 1.54) is 19.1 Å². The maximum absolute atomic E-state index is 12.2. The molecule has 1 fully saturated rings. The summed E-state index contributed by atoms with van der Waals surface area (Å²) in [5.74, 6) is 0.602. The molecule has 9 heteroatoms. The van der Waals surface area contributed by atoms with E-state index < -0.39 is 36.8 Å². The van der Waals surface area contributed by atoms with Gasteiger partial charge in [-0.1, -0.05) is 0 Å². The zero-order valence-corrected chi connectivity index (χ0v) is 13.3. The highest BCUT2D eigenvalue weighted by Gasteiger charge is 2.51.